The van der Waals surface area contributed by atoms with E-state index in [9.17, 15) is 0 Å². The van der Waals surface area contributed by atoms with Gasteiger partial charge in [-0.3, -0.25) is 0 Å². The van der Waals surface area contributed by atoms with Crippen LogP contribution < -0.4 is 5.32 Å². The lowest BCUT2D eigenvalue weighted by Gasteiger charge is -2.40. The molecule has 2 heteroatoms. The van der Waals surface area contributed by atoms with E-state index >= 15 is 0 Å². The molecule has 1 heterocycles. The van der Waals surface area contributed by atoms with Gasteiger partial charge in [0.25, 0.3) is 0 Å². The van der Waals surface area contributed by atoms with Gasteiger partial charge in [-0.05, 0) is 81.6 Å². The third-order valence-electron chi connectivity index (χ3n) is 5.52. The van der Waals surface area contributed by atoms with Gasteiger partial charge in [-0.25, -0.2) is 0 Å². The van der Waals surface area contributed by atoms with Crippen molar-refractivity contribution in [2.75, 3.05) is 6.54 Å². The third-order valence-corrected chi connectivity index (χ3v) is 6.46. The molecule has 2 bridgehead atoms. The Morgan fingerprint density at radius 2 is 2.20 bits per heavy atom. The molecular formula is C18H29NS. The Labute approximate surface area is 128 Å². The first kappa shape index (κ1) is 14.6. The van der Waals surface area contributed by atoms with Crippen LogP contribution in [0.4, 0.5) is 0 Å². The molecule has 1 N–H and O–H groups in total. The van der Waals surface area contributed by atoms with Crippen LogP contribution in [0, 0.1) is 17.3 Å². The first-order valence-electron chi connectivity index (χ1n) is 8.24. The fourth-order valence-electron chi connectivity index (χ4n) is 4.44. The van der Waals surface area contributed by atoms with E-state index < -0.39 is 0 Å². The summed E-state index contributed by atoms with van der Waals surface area (Å²) >= 11 is 1.93. The van der Waals surface area contributed by atoms with Crippen molar-refractivity contribution in [3.05, 3.63) is 22.4 Å². The first-order valence-corrected chi connectivity index (χ1v) is 9.12. The van der Waals surface area contributed by atoms with E-state index in [2.05, 4.69) is 43.6 Å². The normalized spacial score (nSPS) is 33.0. The molecule has 3 rings (SSSR count). The second kappa shape index (κ2) is 5.46. The summed E-state index contributed by atoms with van der Waals surface area (Å²) in [5, 5.41) is 6.04. The maximum Gasteiger partial charge on any atom is 0.00967 e. The molecule has 0 radical (unpaired) electrons. The molecule has 2 aliphatic carbocycles. The molecule has 1 aromatic heterocycles. The lowest BCUT2D eigenvalue weighted by Crippen LogP contribution is -2.46. The van der Waals surface area contributed by atoms with Gasteiger partial charge in [-0.2, -0.15) is 0 Å². The molecule has 112 valence electrons. The number of nitrogens with one attached hydrogen (secondary N) is 1. The summed E-state index contributed by atoms with van der Waals surface area (Å²) in [6, 6.07) is 4.50. The smallest absolute Gasteiger partial charge is 0.00967 e. The minimum Gasteiger partial charge on any atom is -0.312 e. The fraction of sp³-hybridized carbons (Fsp3) is 0.778. The average molecular weight is 292 g/mol. The number of hydrogen-bond acceptors (Lipinski definition) is 2. The standard InChI is InChI=1S/C18H29NS/c1-17(2,3)19-13-18(9-8-16-5-4-10-20-16)12-14-6-7-15(18)11-14/h4-5,10,14-15,19H,6-9,11-13H2,1-3H3. The number of aryl methyl sites for hydroxylation is 1. The van der Waals surface area contributed by atoms with Crippen LogP contribution >= 0.6 is 11.3 Å². The third kappa shape index (κ3) is 3.12. The molecule has 2 saturated carbocycles. The number of fused-ring (bicyclic) bond motifs is 2. The van der Waals surface area contributed by atoms with E-state index in [1.54, 1.807) is 4.88 Å². The maximum absolute atomic E-state index is 3.82. The molecule has 0 aliphatic heterocycles. The van der Waals surface area contributed by atoms with Gasteiger partial charge in [0, 0.05) is 17.0 Å². The highest BCUT2D eigenvalue weighted by Gasteiger charge is 2.50. The van der Waals surface area contributed by atoms with Crippen LogP contribution in [-0.4, -0.2) is 12.1 Å². The minimum atomic E-state index is 0.248. The van der Waals surface area contributed by atoms with Crippen LogP contribution in [0.3, 0.4) is 0 Å². The van der Waals surface area contributed by atoms with Gasteiger partial charge in [-0.15, -0.1) is 11.3 Å². The van der Waals surface area contributed by atoms with Crippen molar-refractivity contribution in [2.45, 2.75) is 64.8 Å². The molecule has 20 heavy (non-hydrogen) atoms. The quantitative estimate of drug-likeness (QED) is 0.815. The van der Waals surface area contributed by atoms with Gasteiger partial charge in [0.2, 0.25) is 0 Å². The summed E-state index contributed by atoms with van der Waals surface area (Å²) in [6.07, 6.45) is 8.65. The lowest BCUT2D eigenvalue weighted by atomic mass is 9.69. The Kier molecular flexibility index (Phi) is 3.98. The predicted octanol–water partition coefficient (Wildman–Crippen LogP) is 4.88. The summed E-state index contributed by atoms with van der Waals surface area (Å²) in [5.41, 5.74) is 0.831. The zero-order valence-corrected chi connectivity index (χ0v) is 14.1. The predicted molar refractivity (Wildman–Crippen MR) is 88.3 cm³/mol. The van der Waals surface area contributed by atoms with Crippen LogP contribution in [0.5, 0.6) is 0 Å². The Morgan fingerprint density at radius 3 is 2.75 bits per heavy atom. The van der Waals surface area contributed by atoms with E-state index in [0.717, 1.165) is 11.8 Å². The van der Waals surface area contributed by atoms with E-state index in [4.69, 9.17) is 0 Å². The summed E-state index contributed by atoms with van der Waals surface area (Å²) in [5.74, 6) is 2.02. The number of rotatable bonds is 5. The molecule has 2 aliphatic rings. The summed E-state index contributed by atoms with van der Waals surface area (Å²) < 4.78 is 0. The highest BCUT2D eigenvalue weighted by atomic mass is 32.1. The van der Waals surface area contributed by atoms with Gasteiger partial charge < -0.3 is 5.32 Å². The van der Waals surface area contributed by atoms with Gasteiger partial charge in [0.05, 0.1) is 0 Å². The monoisotopic (exact) mass is 291 g/mol. The molecule has 2 fully saturated rings. The second-order valence-electron chi connectivity index (χ2n) is 8.13. The first-order chi connectivity index (χ1) is 9.47. The van der Waals surface area contributed by atoms with Crippen molar-refractivity contribution in [1.82, 2.24) is 5.32 Å². The van der Waals surface area contributed by atoms with Gasteiger partial charge in [-0.1, -0.05) is 12.5 Å². The molecule has 3 unspecified atom stereocenters. The van der Waals surface area contributed by atoms with E-state index in [1.165, 1.54) is 45.1 Å². The zero-order chi connectivity index (χ0) is 14.2. The molecule has 0 amide bonds. The van der Waals surface area contributed by atoms with Gasteiger partial charge in [0.1, 0.15) is 0 Å². The van der Waals surface area contributed by atoms with Crippen LogP contribution in [-0.2, 0) is 6.42 Å². The molecule has 0 saturated heterocycles. The SMILES string of the molecule is CC(C)(C)NCC1(CCc2cccs2)CC2CCC1C2. The number of hydrogen-bond donors (Lipinski definition) is 1. The molecule has 0 spiro atoms. The Morgan fingerprint density at radius 1 is 1.35 bits per heavy atom. The van der Waals surface area contributed by atoms with Crippen LogP contribution in [0.15, 0.2) is 17.5 Å². The summed E-state index contributed by atoms with van der Waals surface area (Å²) in [6.45, 7) is 8.12. The van der Waals surface area contributed by atoms with Crippen molar-refractivity contribution in [2.24, 2.45) is 17.3 Å². The second-order valence-corrected chi connectivity index (χ2v) is 9.16. The average Bonchev–Trinajstić information content (AvgIpc) is 3.10. The maximum atomic E-state index is 3.82. The Balaban J connectivity index is 1.67. The molecule has 0 aromatic carbocycles. The topological polar surface area (TPSA) is 12.0 Å². The van der Waals surface area contributed by atoms with E-state index in [1.807, 2.05) is 11.3 Å². The van der Waals surface area contributed by atoms with Gasteiger partial charge >= 0.3 is 0 Å². The number of thiophene rings is 1. The van der Waals surface area contributed by atoms with Crippen molar-refractivity contribution in [3.63, 3.8) is 0 Å². The molecular weight excluding hydrogens is 262 g/mol. The van der Waals surface area contributed by atoms with E-state index in [-0.39, 0.29) is 5.54 Å². The zero-order valence-electron chi connectivity index (χ0n) is 13.2. The Bertz CT molecular complexity index is 431. The summed E-state index contributed by atoms with van der Waals surface area (Å²) in [4.78, 5) is 1.57. The molecule has 3 atom stereocenters. The van der Waals surface area contributed by atoms with Crippen LogP contribution in [0.25, 0.3) is 0 Å². The highest BCUT2D eigenvalue weighted by Crippen LogP contribution is 2.57. The van der Waals surface area contributed by atoms with E-state index in [0.29, 0.717) is 5.41 Å². The highest BCUT2D eigenvalue weighted by molar-refractivity contribution is 7.09. The molecule has 1 nitrogen and oxygen atoms in total. The van der Waals surface area contributed by atoms with Gasteiger partial charge in [0.15, 0.2) is 0 Å². The van der Waals surface area contributed by atoms with Crippen molar-refractivity contribution >= 4 is 11.3 Å². The largest absolute Gasteiger partial charge is 0.312 e. The Hall–Kier alpha value is -0.340. The van der Waals surface area contributed by atoms with Crippen LogP contribution in [0.2, 0.25) is 0 Å². The van der Waals surface area contributed by atoms with Crippen molar-refractivity contribution in [3.8, 4) is 0 Å². The van der Waals surface area contributed by atoms with Crippen LogP contribution in [0.1, 0.15) is 57.8 Å². The minimum absolute atomic E-state index is 0.248. The van der Waals surface area contributed by atoms with Crippen molar-refractivity contribution < 1.29 is 0 Å². The molecule has 1 aromatic rings. The van der Waals surface area contributed by atoms with Crippen molar-refractivity contribution in [1.29, 1.82) is 0 Å². The fourth-order valence-corrected chi connectivity index (χ4v) is 5.15. The summed E-state index contributed by atoms with van der Waals surface area (Å²) in [7, 11) is 0. The lowest BCUT2D eigenvalue weighted by molar-refractivity contribution is 0.131.